The number of hydrogen-bond acceptors (Lipinski definition) is 0. The number of allylic oxidation sites excluding steroid dienone is 1. The molecule has 0 aliphatic rings. The van der Waals surface area contributed by atoms with Gasteiger partial charge in [0.1, 0.15) is 0 Å². The summed E-state index contributed by atoms with van der Waals surface area (Å²) in [6.07, 6.45) is 3.09. The van der Waals surface area contributed by atoms with Crippen LogP contribution in [0.25, 0.3) is 0 Å². The van der Waals surface area contributed by atoms with Crippen LogP contribution in [0.1, 0.15) is 42.1 Å². The predicted octanol–water partition coefficient (Wildman–Crippen LogP) is 4.82. The predicted molar refractivity (Wildman–Crippen MR) is 67.0 cm³/mol. The molecule has 0 saturated carbocycles. The van der Waals surface area contributed by atoms with Crippen LogP contribution in [0.5, 0.6) is 0 Å². The second-order valence-electron chi connectivity index (χ2n) is 3.61. The molecular formula is C13H17Br. The molecule has 0 heterocycles. The average molecular weight is 253 g/mol. The van der Waals surface area contributed by atoms with Gasteiger partial charge in [-0.3, -0.25) is 0 Å². The number of rotatable bonds is 4. The van der Waals surface area contributed by atoms with Crippen molar-refractivity contribution in [2.24, 2.45) is 0 Å². The lowest BCUT2D eigenvalue weighted by Gasteiger charge is -2.10. The first-order valence-electron chi connectivity index (χ1n) is 5.05. The van der Waals surface area contributed by atoms with Gasteiger partial charge in [-0.25, -0.2) is 0 Å². The van der Waals surface area contributed by atoms with Gasteiger partial charge in [0.15, 0.2) is 0 Å². The summed E-state index contributed by atoms with van der Waals surface area (Å²) >= 11 is 3.55. The van der Waals surface area contributed by atoms with Gasteiger partial charge < -0.3 is 0 Å². The molecule has 0 N–H and O–H groups in total. The molecule has 0 aromatic heterocycles. The summed E-state index contributed by atoms with van der Waals surface area (Å²) in [5, 5.41) is 0. The second kappa shape index (κ2) is 5.35. The van der Waals surface area contributed by atoms with E-state index in [0.29, 0.717) is 5.92 Å². The molecule has 1 heteroatoms. The van der Waals surface area contributed by atoms with Crippen molar-refractivity contribution < 1.29 is 0 Å². The molecular weight excluding hydrogens is 236 g/mol. The Hall–Kier alpha value is -0.560. The quantitative estimate of drug-likeness (QED) is 0.533. The summed E-state index contributed by atoms with van der Waals surface area (Å²) in [7, 11) is 0. The van der Waals surface area contributed by atoms with E-state index in [2.05, 4.69) is 60.6 Å². The van der Waals surface area contributed by atoms with E-state index in [4.69, 9.17) is 0 Å². The number of halogens is 1. The van der Waals surface area contributed by atoms with E-state index in [0.717, 1.165) is 0 Å². The number of alkyl halides is 1. The Bertz CT molecular complexity index is 287. The van der Waals surface area contributed by atoms with Crippen molar-refractivity contribution in [1.29, 1.82) is 0 Å². The Morgan fingerprint density at radius 3 is 2.21 bits per heavy atom. The van der Waals surface area contributed by atoms with E-state index in [-0.39, 0.29) is 4.83 Å². The van der Waals surface area contributed by atoms with Crippen molar-refractivity contribution in [3.05, 3.63) is 48.0 Å². The minimum Gasteiger partial charge on any atom is -0.102 e. The molecule has 0 bridgehead atoms. The van der Waals surface area contributed by atoms with E-state index in [1.807, 2.05) is 6.08 Å². The van der Waals surface area contributed by atoms with Crippen LogP contribution in [-0.4, -0.2) is 0 Å². The fourth-order valence-corrected chi connectivity index (χ4v) is 1.69. The molecule has 0 spiro atoms. The highest BCUT2D eigenvalue weighted by Gasteiger charge is 2.05. The van der Waals surface area contributed by atoms with E-state index < -0.39 is 0 Å². The van der Waals surface area contributed by atoms with Crippen LogP contribution >= 0.6 is 15.9 Å². The molecule has 0 aliphatic carbocycles. The van der Waals surface area contributed by atoms with Gasteiger partial charge in [0, 0.05) is 0 Å². The Labute approximate surface area is 95.2 Å². The number of hydrogen-bond donors (Lipinski definition) is 0. The summed E-state index contributed by atoms with van der Waals surface area (Å²) in [4.78, 5) is 0.272. The van der Waals surface area contributed by atoms with Crippen molar-refractivity contribution in [2.45, 2.75) is 31.0 Å². The third-order valence-corrected chi connectivity index (χ3v) is 3.55. The molecule has 1 aromatic rings. The topological polar surface area (TPSA) is 0 Å². The van der Waals surface area contributed by atoms with E-state index in [9.17, 15) is 0 Å². The van der Waals surface area contributed by atoms with Crippen molar-refractivity contribution in [1.82, 2.24) is 0 Å². The molecule has 2 atom stereocenters. The first kappa shape index (κ1) is 11.5. The first-order valence-corrected chi connectivity index (χ1v) is 5.97. The van der Waals surface area contributed by atoms with Gasteiger partial charge in [-0.2, -0.15) is 0 Å². The maximum atomic E-state index is 3.76. The molecule has 1 aromatic carbocycles. The van der Waals surface area contributed by atoms with Gasteiger partial charge in [0.2, 0.25) is 0 Å². The Morgan fingerprint density at radius 1 is 1.29 bits per heavy atom. The third kappa shape index (κ3) is 2.71. The van der Waals surface area contributed by atoms with Crippen LogP contribution in [0.2, 0.25) is 0 Å². The zero-order valence-corrected chi connectivity index (χ0v) is 10.4. The summed E-state index contributed by atoms with van der Waals surface area (Å²) in [5.74, 6) is 0.654. The van der Waals surface area contributed by atoms with Gasteiger partial charge in [-0.1, -0.05) is 60.1 Å². The Morgan fingerprint density at radius 2 is 1.79 bits per heavy atom. The standard InChI is InChI=1S/C13H17Br/c1-4-10(3)11-6-8-12(9-7-11)13(14)5-2/h5-10,13H,2,4H2,1,3H3. The Balaban J connectivity index is 2.83. The molecule has 2 unspecified atom stereocenters. The van der Waals surface area contributed by atoms with Gasteiger partial charge in [0.25, 0.3) is 0 Å². The molecule has 0 fully saturated rings. The summed E-state index contributed by atoms with van der Waals surface area (Å²) in [6.45, 7) is 8.24. The van der Waals surface area contributed by atoms with Crippen molar-refractivity contribution in [2.75, 3.05) is 0 Å². The lowest BCUT2D eigenvalue weighted by molar-refractivity contribution is 0.733. The zero-order valence-electron chi connectivity index (χ0n) is 8.83. The summed E-state index contributed by atoms with van der Waals surface area (Å²) in [6, 6.07) is 8.76. The van der Waals surface area contributed by atoms with Crippen LogP contribution < -0.4 is 0 Å². The zero-order chi connectivity index (χ0) is 10.6. The highest BCUT2D eigenvalue weighted by Crippen LogP contribution is 2.26. The van der Waals surface area contributed by atoms with Crippen molar-refractivity contribution in [3.63, 3.8) is 0 Å². The minimum atomic E-state index is 0.272. The third-order valence-electron chi connectivity index (χ3n) is 2.64. The van der Waals surface area contributed by atoms with Gasteiger partial charge in [0.05, 0.1) is 4.83 Å². The van der Waals surface area contributed by atoms with Crippen molar-refractivity contribution >= 4 is 15.9 Å². The number of benzene rings is 1. The van der Waals surface area contributed by atoms with Crippen LogP contribution in [0.3, 0.4) is 0 Å². The van der Waals surface area contributed by atoms with Gasteiger partial charge in [-0.05, 0) is 23.5 Å². The SMILES string of the molecule is C=CC(Br)c1ccc(C(C)CC)cc1. The fourth-order valence-electron chi connectivity index (χ4n) is 1.38. The maximum Gasteiger partial charge on any atom is 0.0572 e. The monoisotopic (exact) mass is 252 g/mol. The molecule has 0 radical (unpaired) electrons. The summed E-state index contributed by atoms with van der Waals surface area (Å²) < 4.78 is 0. The fraction of sp³-hybridized carbons (Fsp3) is 0.385. The van der Waals surface area contributed by atoms with Crippen molar-refractivity contribution in [3.8, 4) is 0 Å². The molecule has 1 rings (SSSR count). The minimum absolute atomic E-state index is 0.272. The van der Waals surface area contributed by atoms with Crippen LogP contribution in [0.4, 0.5) is 0 Å². The van der Waals surface area contributed by atoms with Gasteiger partial charge in [-0.15, -0.1) is 6.58 Å². The Kier molecular flexibility index (Phi) is 4.40. The van der Waals surface area contributed by atoms with E-state index in [1.54, 1.807) is 0 Å². The van der Waals surface area contributed by atoms with E-state index >= 15 is 0 Å². The molecule has 0 nitrogen and oxygen atoms in total. The smallest absolute Gasteiger partial charge is 0.0572 e. The maximum absolute atomic E-state index is 3.76. The lowest BCUT2D eigenvalue weighted by atomic mass is 9.97. The average Bonchev–Trinajstić information content (AvgIpc) is 2.27. The molecule has 0 aliphatic heterocycles. The molecule has 14 heavy (non-hydrogen) atoms. The highest BCUT2D eigenvalue weighted by atomic mass is 79.9. The van der Waals surface area contributed by atoms with Crippen LogP contribution in [0.15, 0.2) is 36.9 Å². The normalized spacial score (nSPS) is 14.8. The largest absolute Gasteiger partial charge is 0.102 e. The molecule has 0 amide bonds. The van der Waals surface area contributed by atoms with Crippen LogP contribution in [0, 0.1) is 0 Å². The second-order valence-corrected chi connectivity index (χ2v) is 4.60. The molecule has 0 saturated heterocycles. The van der Waals surface area contributed by atoms with Crippen LogP contribution in [-0.2, 0) is 0 Å². The first-order chi connectivity index (χ1) is 6.69. The van der Waals surface area contributed by atoms with Gasteiger partial charge >= 0.3 is 0 Å². The summed E-state index contributed by atoms with van der Waals surface area (Å²) in [5.41, 5.74) is 2.69. The lowest BCUT2D eigenvalue weighted by Crippen LogP contribution is -1.92. The van der Waals surface area contributed by atoms with E-state index in [1.165, 1.54) is 17.5 Å². The highest BCUT2D eigenvalue weighted by molar-refractivity contribution is 9.09. The molecule has 76 valence electrons.